The van der Waals surface area contributed by atoms with Gasteiger partial charge in [-0.15, -0.1) is 11.3 Å². The highest BCUT2D eigenvalue weighted by atomic mass is 79.9. The third-order valence-corrected chi connectivity index (χ3v) is 4.45. The molecule has 0 aliphatic carbocycles. The van der Waals surface area contributed by atoms with E-state index in [9.17, 15) is 4.79 Å². The fourth-order valence-corrected chi connectivity index (χ4v) is 3.28. The first-order chi connectivity index (χ1) is 8.56. The average molecular weight is 325 g/mol. The second-order valence-corrected chi connectivity index (χ2v) is 6.74. The topological polar surface area (TPSA) is 37.3 Å². The Bertz CT molecular complexity index is 562. The minimum atomic E-state index is -0.786. The van der Waals surface area contributed by atoms with Crippen molar-refractivity contribution < 1.29 is 9.90 Å². The van der Waals surface area contributed by atoms with Crippen molar-refractivity contribution in [2.45, 2.75) is 19.3 Å². The van der Waals surface area contributed by atoms with Crippen LogP contribution in [0.25, 0.3) is 0 Å². The van der Waals surface area contributed by atoms with Gasteiger partial charge >= 0.3 is 5.97 Å². The van der Waals surface area contributed by atoms with Gasteiger partial charge in [-0.25, -0.2) is 0 Å². The number of hydrogen-bond acceptors (Lipinski definition) is 2. The van der Waals surface area contributed by atoms with E-state index in [1.165, 1.54) is 4.88 Å². The first-order valence-corrected chi connectivity index (χ1v) is 7.23. The summed E-state index contributed by atoms with van der Waals surface area (Å²) in [5.41, 5.74) is 2.01. The van der Waals surface area contributed by atoms with Gasteiger partial charge in [-0.3, -0.25) is 4.79 Å². The molecule has 1 aromatic heterocycles. The van der Waals surface area contributed by atoms with E-state index >= 15 is 0 Å². The van der Waals surface area contributed by atoms with Crippen LogP contribution in [0.15, 0.2) is 40.2 Å². The van der Waals surface area contributed by atoms with Crippen molar-refractivity contribution >= 4 is 33.2 Å². The molecule has 0 radical (unpaired) electrons. The van der Waals surface area contributed by atoms with E-state index in [0.717, 1.165) is 21.3 Å². The molecule has 1 N–H and O–H groups in total. The average Bonchev–Trinajstić information content (AvgIpc) is 2.74. The van der Waals surface area contributed by atoms with Crippen LogP contribution in [-0.4, -0.2) is 11.1 Å². The lowest BCUT2D eigenvalue weighted by atomic mass is 9.98. The van der Waals surface area contributed by atoms with Crippen molar-refractivity contribution in [1.82, 2.24) is 0 Å². The van der Waals surface area contributed by atoms with Crippen LogP contribution < -0.4 is 0 Å². The van der Waals surface area contributed by atoms with Crippen molar-refractivity contribution in [2.24, 2.45) is 0 Å². The number of halogens is 1. The molecule has 0 amide bonds. The highest BCUT2D eigenvalue weighted by Gasteiger charge is 2.13. The number of carboxylic acid groups (broad SMARTS) is 1. The second-order valence-electron chi connectivity index (χ2n) is 4.19. The molecule has 2 rings (SSSR count). The van der Waals surface area contributed by atoms with Crippen LogP contribution in [-0.2, 0) is 11.2 Å². The molecule has 1 heterocycles. The van der Waals surface area contributed by atoms with E-state index in [1.54, 1.807) is 18.3 Å². The molecule has 1 atom stereocenters. The summed E-state index contributed by atoms with van der Waals surface area (Å²) in [7, 11) is 0. The number of hydrogen-bond donors (Lipinski definition) is 1. The van der Waals surface area contributed by atoms with Crippen LogP contribution in [0.5, 0.6) is 0 Å². The summed E-state index contributed by atoms with van der Waals surface area (Å²) in [6, 6.07) is 11.9. The van der Waals surface area contributed by atoms with Gasteiger partial charge in [0.05, 0.1) is 9.70 Å². The maximum absolute atomic E-state index is 11.0. The van der Waals surface area contributed by atoms with Gasteiger partial charge < -0.3 is 5.11 Å². The standard InChI is InChI=1S/C14H13BrO2S/c1-9(14(16)17)11-4-2-3-10(7-11)8-12-5-6-13(15)18-12/h2-7,9H,8H2,1H3,(H,16,17). The van der Waals surface area contributed by atoms with E-state index in [4.69, 9.17) is 5.11 Å². The Kier molecular flexibility index (Phi) is 4.19. The maximum atomic E-state index is 11.0. The Morgan fingerprint density at radius 3 is 2.78 bits per heavy atom. The second kappa shape index (κ2) is 5.67. The number of carboxylic acids is 1. The van der Waals surface area contributed by atoms with Gasteiger partial charge in [0.15, 0.2) is 0 Å². The highest BCUT2D eigenvalue weighted by Crippen LogP contribution is 2.25. The molecule has 0 spiro atoms. The molecule has 1 unspecified atom stereocenters. The van der Waals surface area contributed by atoms with Gasteiger partial charge in [-0.1, -0.05) is 24.3 Å². The monoisotopic (exact) mass is 324 g/mol. The minimum Gasteiger partial charge on any atom is -0.481 e. The number of benzene rings is 1. The molecule has 18 heavy (non-hydrogen) atoms. The van der Waals surface area contributed by atoms with E-state index < -0.39 is 11.9 Å². The molecule has 0 saturated carbocycles. The third-order valence-electron chi connectivity index (χ3n) is 2.83. The van der Waals surface area contributed by atoms with Gasteiger partial charge in [-0.2, -0.15) is 0 Å². The zero-order valence-corrected chi connectivity index (χ0v) is 12.3. The smallest absolute Gasteiger partial charge is 0.310 e. The summed E-state index contributed by atoms with van der Waals surface area (Å²) >= 11 is 5.15. The molecule has 0 fully saturated rings. The number of carbonyl (C=O) groups is 1. The predicted molar refractivity (Wildman–Crippen MR) is 77.3 cm³/mol. The van der Waals surface area contributed by atoms with E-state index in [1.807, 2.05) is 30.3 Å². The summed E-state index contributed by atoms with van der Waals surface area (Å²) < 4.78 is 1.12. The van der Waals surface area contributed by atoms with Gasteiger partial charge in [0.2, 0.25) is 0 Å². The van der Waals surface area contributed by atoms with Crippen LogP contribution >= 0.6 is 27.3 Å². The molecular weight excluding hydrogens is 312 g/mol. The van der Waals surface area contributed by atoms with E-state index in [2.05, 4.69) is 22.0 Å². The Hall–Kier alpha value is -1.13. The third kappa shape index (κ3) is 3.21. The highest BCUT2D eigenvalue weighted by molar-refractivity contribution is 9.11. The Labute approximate surface area is 118 Å². The van der Waals surface area contributed by atoms with Crippen molar-refractivity contribution in [3.05, 3.63) is 56.2 Å². The maximum Gasteiger partial charge on any atom is 0.310 e. The summed E-state index contributed by atoms with van der Waals surface area (Å²) in [6.45, 7) is 1.71. The predicted octanol–water partition coefficient (Wildman–Crippen LogP) is 4.29. The molecule has 0 aliphatic heterocycles. The van der Waals surface area contributed by atoms with Gasteiger partial charge in [0, 0.05) is 11.3 Å². The summed E-state index contributed by atoms with van der Waals surface area (Å²) in [5, 5.41) is 9.02. The molecule has 2 nitrogen and oxygen atoms in total. The van der Waals surface area contributed by atoms with Crippen LogP contribution in [0.4, 0.5) is 0 Å². The molecule has 4 heteroatoms. The van der Waals surface area contributed by atoms with Crippen LogP contribution in [0.1, 0.15) is 28.8 Å². The molecule has 2 aromatic rings. The van der Waals surface area contributed by atoms with Crippen molar-refractivity contribution in [2.75, 3.05) is 0 Å². The van der Waals surface area contributed by atoms with Gasteiger partial charge in [-0.05, 0) is 46.1 Å². The van der Waals surface area contributed by atoms with Crippen molar-refractivity contribution in [1.29, 1.82) is 0 Å². The first kappa shape index (κ1) is 13.3. The number of rotatable bonds is 4. The first-order valence-electron chi connectivity index (χ1n) is 5.62. The van der Waals surface area contributed by atoms with E-state index in [0.29, 0.717) is 0 Å². The molecule has 94 valence electrons. The summed E-state index contributed by atoms with van der Waals surface area (Å²) in [5.74, 6) is -1.24. The van der Waals surface area contributed by atoms with Crippen molar-refractivity contribution in [3.63, 3.8) is 0 Å². The normalized spacial score (nSPS) is 12.3. The van der Waals surface area contributed by atoms with Crippen LogP contribution in [0.3, 0.4) is 0 Å². The molecule has 0 saturated heterocycles. The largest absolute Gasteiger partial charge is 0.481 e. The van der Waals surface area contributed by atoms with Crippen LogP contribution in [0, 0.1) is 0 Å². The van der Waals surface area contributed by atoms with Crippen LogP contribution in [0.2, 0.25) is 0 Å². The van der Waals surface area contributed by atoms with E-state index in [-0.39, 0.29) is 0 Å². The number of thiophene rings is 1. The van der Waals surface area contributed by atoms with Crippen molar-refractivity contribution in [3.8, 4) is 0 Å². The fraction of sp³-hybridized carbons (Fsp3) is 0.214. The quantitative estimate of drug-likeness (QED) is 0.910. The lowest BCUT2D eigenvalue weighted by Gasteiger charge is -2.08. The van der Waals surface area contributed by atoms with Gasteiger partial charge in [0.25, 0.3) is 0 Å². The molecule has 0 aliphatic rings. The number of aliphatic carboxylic acids is 1. The fourth-order valence-electron chi connectivity index (χ4n) is 1.76. The lowest BCUT2D eigenvalue weighted by molar-refractivity contribution is -0.138. The zero-order valence-electron chi connectivity index (χ0n) is 9.89. The molecular formula is C14H13BrO2S. The minimum absolute atomic E-state index is 0.458. The Morgan fingerprint density at radius 2 is 2.17 bits per heavy atom. The Morgan fingerprint density at radius 1 is 1.39 bits per heavy atom. The van der Waals surface area contributed by atoms with Gasteiger partial charge in [0.1, 0.15) is 0 Å². The summed E-state index contributed by atoms with van der Waals surface area (Å²) in [6.07, 6.45) is 0.844. The summed E-state index contributed by atoms with van der Waals surface area (Å²) in [4.78, 5) is 12.2. The zero-order chi connectivity index (χ0) is 13.1. The Balaban J connectivity index is 2.19. The molecule has 1 aromatic carbocycles. The molecule has 0 bridgehead atoms. The lowest BCUT2D eigenvalue weighted by Crippen LogP contribution is -2.07. The SMILES string of the molecule is CC(C(=O)O)c1cccc(Cc2ccc(Br)s2)c1.